The maximum absolute atomic E-state index is 13.3. The fourth-order valence-electron chi connectivity index (χ4n) is 3.17. The Hall–Kier alpha value is -3.81. The normalized spacial score (nSPS) is 11.2. The number of hydrogen-bond donors (Lipinski definition) is 2. The van der Waals surface area contributed by atoms with Crippen LogP contribution >= 0.6 is 11.6 Å². The minimum atomic E-state index is -0.507. The molecule has 6 nitrogen and oxygen atoms in total. The number of rotatable bonds is 7. The highest BCUT2D eigenvalue weighted by Crippen LogP contribution is 2.34. The SMILES string of the molecule is COc1cc(NC(=O)/C=C/c2ccc(-c3ccc(F)c(Cl)c3)o2)ccc1-c1ccc(CO)o1. The van der Waals surface area contributed by atoms with Crippen molar-refractivity contribution in [2.45, 2.75) is 6.61 Å². The molecule has 0 spiro atoms. The van der Waals surface area contributed by atoms with Gasteiger partial charge in [-0.1, -0.05) is 11.6 Å². The van der Waals surface area contributed by atoms with Crippen LogP contribution in [0.15, 0.2) is 75.6 Å². The fourth-order valence-corrected chi connectivity index (χ4v) is 3.35. The van der Waals surface area contributed by atoms with Crippen molar-refractivity contribution >= 4 is 29.3 Å². The number of amides is 1. The smallest absolute Gasteiger partial charge is 0.248 e. The van der Waals surface area contributed by atoms with Crippen LogP contribution < -0.4 is 10.1 Å². The summed E-state index contributed by atoms with van der Waals surface area (Å²) < 4.78 is 30.0. The summed E-state index contributed by atoms with van der Waals surface area (Å²) in [5.41, 5.74) is 1.84. The van der Waals surface area contributed by atoms with E-state index in [1.165, 1.54) is 31.4 Å². The number of aliphatic hydroxyl groups is 1. The summed E-state index contributed by atoms with van der Waals surface area (Å²) in [7, 11) is 1.52. The monoisotopic (exact) mass is 467 g/mol. The van der Waals surface area contributed by atoms with Crippen molar-refractivity contribution < 1.29 is 27.9 Å². The molecule has 8 heteroatoms. The fraction of sp³-hybridized carbons (Fsp3) is 0.0800. The molecule has 0 bridgehead atoms. The Morgan fingerprint density at radius 1 is 1.09 bits per heavy atom. The van der Waals surface area contributed by atoms with Gasteiger partial charge < -0.3 is 24.0 Å². The number of hydrogen-bond acceptors (Lipinski definition) is 5. The Morgan fingerprint density at radius 2 is 1.91 bits per heavy atom. The molecule has 1 amide bonds. The second-order valence-corrected chi connectivity index (χ2v) is 7.40. The number of aliphatic hydroxyl groups excluding tert-OH is 1. The van der Waals surface area contributed by atoms with Crippen LogP contribution in [0.5, 0.6) is 5.75 Å². The molecule has 4 aromatic rings. The molecule has 2 aromatic carbocycles. The lowest BCUT2D eigenvalue weighted by Gasteiger charge is -2.09. The van der Waals surface area contributed by atoms with Gasteiger partial charge in [0.2, 0.25) is 5.91 Å². The zero-order chi connectivity index (χ0) is 23.4. The van der Waals surface area contributed by atoms with Crippen molar-refractivity contribution in [1.29, 1.82) is 0 Å². The maximum Gasteiger partial charge on any atom is 0.248 e. The molecule has 0 saturated heterocycles. The Morgan fingerprint density at radius 3 is 2.64 bits per heavy atom. The van der Waals surface area contributed by atoms with Crippen LogP contribution in [-0.4, -0.2) is 18.1 Å². The molecule has 2 aromatic heterocycles. The highest BCUT2D eigenvalue weighted by molar-refractivity contribution is 6.31. The molecule has 168 valence electrons. The molecular formula is C25H19ClFNO5. The van der Waals surface area contributed by atoms with Crippen molar-refractivity contribution in [3.8, 4) is 28.4 Å². The van der Waals surface area contributed by atoms with E-state index in [4.69, 9.17) is 25.2 Å². The number of carbonyl (C=O) groups excluding carboxylic acids is 1. The van der Waals surface area contributed by atoms with Gasteiger partial charge in [-0.05, 0) is 60.7 Å². The molecule has 0 atom stereocenters. The van der Waals surface area contributed by atoms with Crippen LogP contribution in [0.1, 0.15) is 11.5 Å². The predicted octanol–water partition coefficient (Wildman–Crippen LogP) is 6.15. The summed E-state index contributed by atoms with van der Waals surface area (Å²) in [4.78, 5) is 12.4. The third-order valence-corrected chi connectivity index (χ3v) is 5.07. The number of carbonyl (C=O) groups is 1. The van der Waals surface area contributed by atoms with Crippen molar-refractivity contribution in [2.75, 3.05) is 12.4 Å². The van der Waals surface area contributed by atoms with E-state index in [2.05, 4.69) is 5.32 Å². The van der Waals surface area contributed by atoms with Crippen molar-refractivity contribution in [1.82, 2.24) is 0 Å². The second-order valence-electron chi connectivity index (χ2n) is 6.99. The van der Waals surface area contributed by atoms with E-state index < -0.39 is 5.82 Å². The number of benzene rings is 2. The molecule has 33 heavy (non-hydrogen) atoms. The van der Waals surface area contributed by atoms with Crippen LogP contribution in [0.25, 0.3) is 28.7 Å². The first-order chi connectivity index (χ1) is 16.0. The van der Waals surface area contributed by atoms with Crippen LogP contribution in [0.4, 0.5) is 10.1 Å². The lowest BCUT2D eigenvalue weighted by molar-refractivity contribution is -0.111. The van der Waals surface area contributed by atoms with Crippen LogP contribution in [-0.2, 0) is 11.4 Å². The van der Waals surface area contributed by atoms with Gasteiger partial charge in [-0.3, -0.25) is 4.79 Å². The standard InChI is InChI=1S/C25H19ClFNO5/c1-31-24-13-16(3-7-19(24)23-10-5-18(14-29)33-23)28-25(30)11-6-17-4-9-22(32-17)15-2-8-21(27)20(26)12-15/h2-13,29H,14H2,1H3,(H,28,30)/b11-6+. The lowest BCUT2D eigenvalue weighted by Crippen LogP contribution is -2.07. The number of halogens is 2. The van der Waals surface area contributed by atoms with E-state index in [0.717, 1.165) is 0 Å². The minimum absolute atomic E-state index is 0.00250. The maximum atomic E-state index is 13.3. The van der Waals surface area contributed by atoms with E-state index in [1.54, 1.807) is 48.5 Å². The Kier molecular flexibility index (Phi) is 6.63. The summed E-state index contributed by atoms with van der Waals surface area (Å²) in [5.74, 6) is 1.57. The van der Waals surface area contributed by atoms with Gasteiger partial charge in [0.15, 0.2) is 0 Å². The number of ether oxygens (including phenoxy) is 1. The lowest BCUT2D eigenvalue weighted by atomic mass is 10.1. The second kappa shape index (κ2) is 9.77. The molecule has 0 aliphatic heterocycles. The molecule has 0 saturated carbocycles. The van der Waals surface area contributed by atoms with Gasteiger partial charge in [0.1, 0.15) is 41.2 Å². The third-order valence-electron chi connectivity index (χ3n) is 4.78. The topological polar surface area (TPSA) is 84.8 Å². The molecule has 0 aliphatic rings. The number of anilines is 1. The molecule has 0 unspecified atom stereocenters. The highest BCUT2D eigenvalue weighted by atomic mass is 35.5. The van der Waals surface area contributed by atoms with Crippen molar-refractivity contribution in [2.24, 2.45) is 0 Å². The van der Waals surface area contributed by atoms with Gasteiger partial charge >= 0.3 is 0 Å². The summed E-state index contributed by atoms with van der Waals surface area (Å²) >= 11 is 5.82. The number of nitrogens with one attached hydrogen (secondary N) is 1. The van der Waals surface area contributed by atoms with Crippen molar-refractivity contribution in [3.63, 3.8) is 0 Å². The Balaban J connectivity index is 1.44. The van der Waals surface area contributed by atoms with Gasteiger partial charge in [-0.25, -0.2) is 4.39 Å². The summed E-state index contributed by atoms with van der Waals surface area (Å²) in [6.45, 7) is -0.197. The predicted molar refractivity (Wildman–Crippen MR) is 123 cm³/mol. The van der Waals surface area contributed by atoms with Crippen molar-refractivity contribution in [3.05, 3.63) is 89.1 Å². The minimum Gasteiger partial charge on any atom is -0.496 e. The third kappa shape index (κ3) is 5.16. The first-order valence-electron chi connectivity index (χ1n) is 9.89. The largest absolute Gasteiger partial charge is 0.496 e. The average Bonchev–Trinajstić information content (AvgIpc) is 3.49. The van der Waals surface area contributed by atoms with Crippen LogP contribution in [0.2, 0.25) is 5.02 Å². The molecule has 0 fully saturated rings. The van der Waals surface area contributed by atoms with E-state index in [-0.39, 0.29) is 17.5 Å². The highest BCUT2D eigenvalue weighted by Gasteiger charge is 2.12. The van der Waals surface area contributed by atoms with E-state index in [0.29, 0.717) is 45.6 Å². The van der Waals surface area contributed by atoms with Crippen LogP contribution in [0.3, 0.4) is 0 Å². The van der Waals surface area contributed by atoms with E-state index >= 15 is 0 Å². The zero-order valence-electron chi connectivity index (χ0n) is 17.5. The first kappa shape index (κ1) is 22.4. The molecule has 2 N–H and O–H groups in total. The summed E-state index contributed by atoms with van der Waals surface area (Å²) in [6.07, 6.45) is 2.86. The van der Waals surface area contributed by atoms with Gasteiger partial charge in [-0.2, -0.15) is 0 Å². The zero-order valence-corrected chi connectivity index (χ0v) is 18.2. The van der Waals surface area contributed by atoms with Gasteiger partial charge in [0, 0.05) is 23.4 Å². The van der Waals surface area contributed by atoms with E-state index in [1.807, 2.05) is 0 Å². The Bertz CT molecular complexity index is 1320. The molecule has 2 heterocycles. The molecule has 4 rings (SSSR count). The van der Waals surface area contributed by atoms with E-state index in [9.17, 15) is 14.3 Å². The van der Waals surface area contributed by atoms with Crippen LogP contribution in [0, 0.1) is 5.82 Å². The summed E-state index contributed by atoms with van der Waals surface area (Å²) in [5, 5.41) is 11.9. The first-order valence-corrected chi connectivity index (χ1v) is 10.3. The summed E-state index contributed by atoms with van der Waals surface area (Å²) in [6, 6.07) is 16.3. The molecule has 0 radical (unpaired) electrons. The number of methoxy groups -OCH3 is 1. The number of furan rings is 2. The van der Waals surface area contributed by atoms with Gasteiger partial charge in [0.25, 0.3) is 0 Å². The Labute approximate surface area is 193 Å². The molecular weight excluding hydrogens is 449 g/mol. The van der Waals surface area contributed by atoms with Gasteiger partial charge in [0.05, 0.1) is 17.7 Å². The average molecular weight is 468 g/mol. The quantitative estimate of drug-likeness (QED) is 0.318. The van der Waals surface area contributed by atoms with Gasteiger partial charge in [-0.15, -0.1) is 0 Å². The molecule has 0 aliphatic carbocycles.